The summed E-state index contributed by atoms with van der Waals surface area (Å²) in [5.41, 5.74) is 5.43. The topological polar surface area (TPSA) is 67.5 Å². The minimum atomic E-state index is -0.870. The number of nitrogens with one attached hydrogen (secondary N) is 1. The lowest BCUT2D eigenvalue weighted by Gasteiger charge is -2.17. The average Bonchev–Trinajstić information content (AvgIpc) is 2.43. The summed E-state index contributed by atoms with van der Waals surface area (Å²) < 4.78 is 0. The van der Waals surface area contributed by atoms with Crippen LogP contribution in [0.1, 0.15) is 12.5 Å². The van der Waals surface area contributed by atoms with Gasteiger partial charge in [-0.3, -0.25) is 10.1 Å². The van der Waals surface area contributed by atoms with Crippen molar-refractivity contribution in [3.63, 3.8) is 0 Å². The predicted octanol–water partition coefficient (Wildman–Crippen LogP) is 0.346. The molecule has 1 unspecified atom stereocenters. The van der Waals surface area contributed by atoms with Crippen molar-refractivity contribution in [3.8, 4) is 0 Å². The van der Waals surface area contributed by atoms with Crippen molar-refractivity contribution in [1.29, 1.82) is 0 Å². The van der Waals surface area contributed by atoms with Crippen LogP contribution in [-0.2, 0) is 10.3 Å². The maximum Gasteiger partial charge on any atom is 0.259 e. The van der Waals surface area contributed by atoms with Gasteiger partial charge in [0.05, 0.1) is 0 Å². The second-order valence-electron chi connectivity index (χ2n) is 3.39. The molecule has 1 aromatic carbocycles. The molecular weight excluding hydrogens is 178 g/mol. The van der Waals surface area contributed by atoms with Crippen LogP contribution in [0.25, 0.3) is 0 Å². The number of rotatable bonds is 1. The Bertz CT molecular complexity index is 399. The summed E-state index contributed by atoms with van der Waals surface area (Å²) in [6.07, 6.45) is 0. The van der Waals surface area contributed by atoms with Gasteiger partial charge in [-0.05, 0) is 12.5 Å². The summed E-state index contributed by atoms with van der Waals surface area (Å²) in [7, 11) is 0. The standard InChI is InChI=1S/C10H11N3O/c1-10(7-5-3-2-4-6-7)8(14)12-9(11)13-10/h2-6H,1H3,(H3,11,12,13,14). The maximum atomic E-state index is 11.6. The van der Waals surface area contributed by atoms with E-state index in [-0.39, 0.29) is 11.9 Å². The van der Waals surface area contributed by atoms with Crippen molar-refractivity contribution < 1.29 is 4.79 Å². The molecule has 0 saturated carbocycles. The van der Waals surface area contributed by atoms with E-state index in [2.05, 4.69) is 10.3 Å². The minimum absolute atomic E-state index is 0.179. The molecule has 0 radical (unpaired) electrons. The van der Waals surface area contributed by atoms with Gasteiger partial charge < -0.3 is 5.73 Å². The highest BCUT2D eigenvalue weighted by atomic mass is 16.2. The summed E-state index contributed by atoms with van der Waals surface area (Å²) in [6.45, 7) is 1.75. The van der Waals surface area contributed by atoms with Crippen LogP contribution in [0.2, 0.25) is 0 Å². The van der Waals surface area contributed by atoms with E-state index in [0.29, 0.717) is 0 Å². The summed E-state index contributed by atoms with van der Waals surface area (Å²) >= 11 is 0. The molecule has 14 heavy (non-hydrogen) atoms. The molecule has 1 atom stereocenters. The van der Waals surface area contributed by atoms with Gasteiger partial charge in [0.2, 0.25) is 0 Å². The van der Waals surface area contributed by atoms with Crippen LogP contribution in [0.15, 0.2) is 35.3 Å². The molecule has 0 bridgehead atoms. The highest BCUT2D eigenvalue weighted by Gasteiger charge is 2.39. The van der Waals surface area contributed by atoms with Gasteiger partial charge in [-0.2, -0.15) is 0 Å². The Morgan fingerprint density at radius 1 is 1.36 bits per heavy atom. The lowest BCUT2D eigenvalue weighted by atomic mass is 9.93. The third kappa shape index (κ3) is 1.16. The minimum Gasteiger partial charge on any atom is -0.370 e. The Morgan fingerprint density at radius 3 is 2.50 bits per heavy atom. The zero-order valence-electron chi connectivity index (χ0n) is 7.82. The molecule has 1 amide bonds. The van der Waals surface area contributed by atoms with E-state index < -0.39 is 5.54 Å². The fraction of sp³-hybridized carbons (Fsp3) is 0.200. The van der Waals surface area contributed by atoms with Crippen LogP contribution >= 0.6 is 0 Å². The second-order valence-corrected chi connectivity index (χ2v) is 3.39. The molecule has 1 aromatic rings. The van der Waals surface area contributed by atoms with E-state index in [4.69, 9.17) is 5.73 Å². The number of aliphatic imine (C=N–C) groups is 1. The van der Waals surface area contributed by atoms with Gasteiger partial charge in [0.25, 0.3) is 5.91 Å². The molecule has 1 heterocycles. The van der Waals surface area contributed by atoms with Crippen LogP contribution in [0.5, 0.6) is 0 Å². The molecular formula is C10H11N3O. The molecule has 72 valence electrons. The number of amides is 1. The van der Waals surface area contributed by atoms with E-state index in [1.165, 1.54) is 0 Å². The van der Waals surface area contributed by atoms with Gasteiger partial charge in [-0.25, -0.2) is 4.99 Å². The summed E-state index contributed by atoms with van der Waals surface area (Å²) in [6, 6.07) is 9.37. The van der Waals surface area contributed by atoms with Gasteiger partial charge in [0, 0.05) is 0 Å². The molecule has 1 aliphatic heterocycles. The molecule has 3 N–H and O–H groups in total. The van der Waals surface area contributed by atoms with Crippen molar-refractivity contribution in [2.75, 3.05) is 0 Å². The predicted molar refractivity (Wildman–Crippen MR) is 53.6 cm³/mol. The van der Waals surface area contributed by atoms with Crippen molar-refractivity contribution in [3.05, 3.63) is 35.9 Å². The fourth-order valence-electron chi connectivity index (χ4n) is 1.52. The number of hydrogen-bond donors (Lipinski definition) is 2. The van der Waals surface area contributed by atoms with Gasteiger partial charge in [-0.1, -0.05) is 30.3 Å². The second kappa shape index (κ2) is 2.83. The smallest absolute Gasteiger partial charge is 0.259 e. The molecule has 1 aliphatic rings. The van der Waals surface area contributed by atoms with E-state index in [1.54, 1.807) is 6.92 Å². The monoisotopic (exact) mass is 189 g/mol. The summed E-state index contributed by atoms with van der Waals surface area (Å²) in [5, 5.41) is 2.49. The number of nitrogens with two attached hydrogens (primary N) is 1. The fourth-order valence-corrected chi connectivity index (χ4v) is 1.52. The van der Waals surface area contributed by atoms with E-state index in [1.807, 2.05) is 30.3 Å². The number of guanidine groups is 1. The summed E-state index contributed by atoms with van der Waals surface area (Å²) in [5.74, 6) is 0.00236. The van der Waals surface area contributed by atoms with Crippen molar-refractivity contribution in [1.82, 2.24) is 5.32 Å². The largest absolute Gasteiger partial charge is 0.370 e. The SMILES string of the molecule is CC1(c2ccccc2)N=C(N)NC1=O. The molecule has 0 saturated heterocycles. The van der Waals surface area contributed by atoms with Crippen molar-refractivity contribution >= 4 is 11.9 Å². The van der Waals surface area contributed by atoms with E-state index in [9.17, 15) is 4.79 Å². The number of benzene rings is 1. The molecule has 4 nitrogen and oxygen atoms in total. The third-order valence-corrected chi connectivity index (χ3v) is 2.36. The number of hydrogen-bond acceptors (Lipinski definition) is 3. The highest BCUT2D eigenvalue weighted by Crippen LogP contribution is 2.27. The lowest BCUT2D eigenvalue weighted by molar-refractivity contribution is -0.123. The molecule has 0 aromatic heterocycles. The van der Waals surface area contributed by atoms with Gasteiger partial charge >= 0.3 is 0 Å². The zero-order valence-corrected chi connectivity index (χ0v) is 7.82. The van der Waals surface area contributed by atoms with Crippen molar-refractivity contribution in [2.45, 2.75) is 12.5 Å². The van der Waals surface area contributed by atoms with Crippen LogP contribution in [0.3, 0.4) is 0 Å². The van der Waals surface area contributed by atoms with Crippen LogP contribution in [-0.4, -0.2) is 11.9 Å². The third-order valence-electron chi connectivity index (χ3n) is 2.36. The first-order valence-electron chi connectivity index (χ1n) is 4.35. The Morgan fingerprint density at radius 2 is 2.00 bits per heavy atom. The van der Waals surface area contributed by atoms with Crippen molar-refractivity contribution in [2.24, 2.45) is 10.7 Å². The quantitative estimate of drug-likeness (QED) is 0.669. The maximum absolute atomic E-state index is 11.6. The molecule has 0 spiro atoms. The van der Waals surface area contributed by atoms with Gasteiger partial charge in [0.1, 0.15) is 0 Å². The van der Waals surface area contributed by atoms with Crippen LogP contribution in [0, 0.1) is 0 Å². The molecule has 0 fully saturated rings. The first kappa shape index (κ1) is 8.74. The van der Waals surface area contributed by atoms with Gasteiger partial charge in [-0.15, -0.1) is 0 Å². The van der Waals surface area contributed by atoms with Crippen LogP contribution in [0.4, 0.5) is 0 Å². The Hall–Kier alpha value is -1.84. The Kier molecular flexibility index (Phi) is 1.77. The zero-order chi connectivity index (χ0) is 10.2. The average molecular weight is 189 g/mol. The van der Waals surface area contributed by atoms with E-state index >= 15 is 0 Å². The highest BCUT2D eigenvalue weighted by molar-refractivity contribution is 6.06. The normalized spacial score (nSPS) is 25.8. The number of carbonyl (C=O) groups is 1. The number of nitrogens with zero attached hydrogens (tertiary/aromatic N) is 1. The van der Waals surface area contributed by atoms with Crippen LogP contribution < -0.4 is 11.1 Å². The van der Waals surface area contributed by atoms with E-state index in [0.717, 1.165) is 5.56 Å². The Labute approximate surface area is 81.8 Å². The molecule has 4 heteroatoms. The molecule has 2 rings (SSSR count). The molecule has 0 aliphatic carbocycles. The first-order chi connectivity index (χ1) is 6.63. The van der Waals surface area contributed by atoms with Gasteiger partial charge in [0.15, 0.2) is 11.5 Å². The lowest BCUT2D eigenvalue weighted by Crippen LogP contribution is -2.37. The first-order valence-corrected chi connectivity index (χ1v) is 4.35. The number of carbonyl (C=O) groups excluding carboxylic acids is 1. The Balaban J connectivity index is 2.48. The summed E-state index contributed by atoms with van der Waals surface area (Å²) in [4.78, 5) is 15.7.